The number of ether oxygens (including phenoxy) is 1. The summed E-state index contributed by atoms with van der Waals surface area (Å²) in [6.07, 6.45) is 1.42. The average molecular weight is 312 g/mol. The quantitative estimate of drug-likeness (QED) is 0.252. The van der Waals surface area contributed by atoms with Crippen molar-refractivity contribution in [2.45, 2.75) is 26.1 Å². The standard InChI is InChI=1S/C12H17N4O4P/c1-4-19-11(17)12(3,15-16-13)21(18,20-5-2)10-8-6-7-9-14-10/h6-9H,4-5H2,1-3H3. The Morgan fingerprint density at radius 2 is 2.19 bits per heavy atom. The smallest absolute Gasteiger partial charge is 0.328 e. The second-order valence-electron chi connectivity index (χ2n) is 4.09. The molecule has 0 aromatic carbocycles. The highest BCUT2D eigenvalue weighted by atomic mass is 31.2. The average Bonchev–Trinajstić information content (AvgIpc) is 2.48. The van der Waals surface area contributed by atoms with Gasteiger partial charge in [-0.2, -0.15) is 0 Å². The van der Waals surface area contributed by atoms with Gasteiger partial charge in [0.05, 0.1) is 13.2 Å². The molecule has 0 amide bonds. The Hall–Kier alpha value is -1.88. The van der Waals surface area contributed by atoms with Crippen molar-refractivity contribution < 1.29 is 18.6 Å². The summed E-state index contributed by atoms with van der Waals surface area (Å²) in [6.45, 7) is 4.57. The Morgan fingerprint density at radius 1 is 1.48 bits per heavy atom. The van der Waals surface area contributed by atoms with Crippen LogP contribution in [0, 0.1) is 0 Å². The van der Waals surface area contributed by atoms with Crippen LogP contribution in [0.1, 0.15) is 20.8 Å². The number of esters is 1. The molecule has 2 unspecified atom stereocenters. The van der Waals surface area contributed by atoms with Crippen molar-refractivity contribution >= 4 is 18.8 Å². The molecule has 21 heavy (non-hydrogen) atoms. The van der Waals surface area contributed by atoms with Crippen molar-refractivity contribution in [3.8, 4) is 0 Å². The lowest BCUT2D eigenvalue weighted by molar-refractivity contribution is -0.146. The van der Waals surface area contributed by atoms with Crippen molar-refractivity contribution in [3.63, 3.8) is 0 Å². The number of hydrogen-bond donors (Lipinski definition) is 0. The lowest BCUT2D eigenvalue weighted by Gasteiger charge is -2.30. The van der Waals surface area contributed by atoms with Gasteiger partial charge in [0.1, 0.15) is 5.44 Å². The summed E-state index contributed by atoms with van der Waals surface area (Å²) in [4.78, 5) is 18.8. The summed E-state index contributed by atoms with van der Waals surface area (Å²) in [5.74, 6) is -0.912. The van der Waals surface area contributed by atoms with E-state index in [1.54, 1.807) is 26.0 Å². The summed E-state index contributed by atoms with van der Waals surface area (Å²) in [7, 11) is -3.90. The van der Waals surface area contributed by atoms with Crippen LogP contribution in [0.5, 0.6) is 0 Å². The molecule has 0 N–H and O–H groups in total. The Labute approximate surface area is 122 Å². The Balaban J connectivity index is 3.50. The summed E-state index contributed by atoms with van der Waals surface area (Å²) in [5.41, 5.74) is 8.80. The van der Waals surface area contributed by atoms with Crippen molar-refractivity contribution in [1.29, 1.82) is 0 Å². The Kier molecular flexibility index (Phi) is 5.90. The maximum Gasteiger partial charge on any atom is 0.328 e. The first kappa shape index (κ1) is 17.2. The normalized spacial score (nSPS) is 16.1. The van der Waals surface area contributed by atoms with Crippen LogP contribution in [-0.4, -0.2) is 29.4 Å². The van der Waals surface area contributed by atoms with Gasteiger partial charge >= 0.3 is 5.97 Å². The number of carbonyl (C=O) groups excluding carboxylic acids is 1. The molecule has 0 aliphatic rings. The number of rotatable bonds is 7. The third kappa shape index (κ3) is 3.24. The molecule has 1 aromatic heterocycles. The van der Waals surface area contributed by atoms with Gasteiger partial charge in [-0.25, -0.2) is 0 Å². The molecule has 0 aliphatic heterocycles. The number of aromatic nitrogens is 1. The monoisotopic (exact) mass is 312 g/mol. The van der Waals surface area contributed by atoms with Gasteiger partial charge in [0.2, 0.25) is 5.28 Å². The zero-order valence-corrected chi connectivity index (χ0v) is 13.0. The molecule has 0 saturated heterocycles. The van der Waals surface area contributed by atoms with E-state index in [1.807, 2.05) is 0 Å². The van der Waals surface area contributed by atoms with E-state index in [2.05, 4.69) is 15.0 Å². The van der Waals surface area contributed by atoms with Crippen LogP contribution in [0.15, 0.2) is 29.5 Å². The van der Waals surface area contributed by atoms with Gasteiger partial charge in [-0.3, -0.25) is 14.3 Å². The number of azide groups is 1. The first-order valence-corrected chi connectivity index (χ1v) is 7.98. The van der Waals surface area contributed by atoms with Gasteiger partial charge < -0.3 is 9.26 Å². The molecule has 0 aliphatic carbocycles. The maximum atomic E-state index is 13.3. The Morgan fingerprint density at radius 3 is 2.67 bits per heavy atom. The minimum Gasteiger partial charge on any atom is -0.465 e. The van der Waals surface area contributed by atoms with Gasteiger partial charge in [0.25, 0.3) is 7.37 Å². The van der Waals surface area contributed by atoms with Crippen LogP contribution < -0.4 is 5.44 Å². The topological polar surface area (TPSA) is 114 Å². The highest BCUT2D eigenvalue weighted by Crippen LogP contribution is 2.58. The number of pyridine rings is 1. The second-order valence-corrected chi connectivity index (χ2v) is 6.78. The lowest BCUT2D eigenvalue weighted by atomic mass is 10.3. The third-order valence-electron chi connectivity index (χ3n) is 2.74. The molecular weight excluding hydrogens is 295 g/mol. The molecule has 0 spiro atoms. The van der Waals surface area contributed by atoms with Gasteiger partial charge in [-0.15, -0.1) is 0 Å². The minimum atomic E-state index is -3.90. The van der Waals surface area contributed by atoms with E-state index in [9.17, 15) is 9.36 Å². The molecule has 1 aromatic rings. The molecule has 9 heteroatoms. The van der Waals surface area contributed by atoms with Crippen LogP contribution in [0.2, 0.25) is 0 Å². The van der Waals surface area contributed by atoms with E-state index in [1.165, 1.54) is 19.2 Å². The number of nitrogens with zero attached hydrogens (tertiary/aromatic N) is 4. The van der Waals surface area contributed by atoms with E-state index < -0.39 is 18.6 Å². The minimum absolute atomic E-state index is 0.0507. The van der Waals surface area contributed by atoms with Crippen LogP contribution in [0.3, 0.4) is 0 Å². The van der Waals surface area contributed by atoms with Gasteiger partial charge in [0.15, 0.2) is 0 Å². The largest absolute Gasteiger partial charge is 0.465 e. The van der Waals surface area contributed by atoms with Crippen LogP contribution >= 0.6 is 7.37 Å². The predicted octanol–water partition coefficient (Wildman–Crippen LogP) is 2.61. The molecule has 114 valence electrons. The van der Waals surface area contributed by atoms with Gasteiger partial charge in [-0.1, -0.05) is 11.2 Å². The van der Waals surface area contributed by atoms with Crippen LogP contribution in [-0.2, 0) is 18.6 Å². The maximum absolute atomic E-state index is 13.3. The van der Waals surface area contributed by atoms with E-state index in [4.69, 9.17) is 14.8 Å². The Bertz CT molecular complexity index is 588. The molecule has 0 saturated carbocycles. The molecule has 0 bridgehead atoms. The van der Waals surface area contributed by atoms with Gasteiger partial charge in [-0.05, 0) is 38.4 Å². The van der Waals surface area contributed by atoms with E-state index >= 15 is 0 Å². The third-order valence-corrected chi connectivity index (χ3v) is 5.64. The lowest BCUT2D eigenvalue weighted by Crippen LogP contribution is -2.39. The molecular formula is C12H17N4O4P. The highest BCUT2D eigenvalue weighted by Gasteiger charge is 2.54. The van der Waals surface area contributed by atoms with Crippen molar-refractivity contribution in [2.24, 2.45) is 5.11 Å². The fourth-order valence-electron chi connectivity index (χ4n) is 1.70. The fourth-order valence-corrected chi connectivity index (χ4v) is 3.86. The van der Waals surface area contributed by atoms with Crippen LogP contribution in [0.25, 0.3) is 10.4 Å². The predicted molar refractivity (Wildman–Crippen MR) is 77.3 cm³/mol. The highest BCUT2D eigenvalue weighted by molar-refractivity contribution is 7.69. The number of hydrogen-bond acceptors (Lipinski definition) is 6. The molecule has 1 heterocycles. The summed E-state index contributed by atoms with van der Waals surface area (Å²) in [6, 6.07) is 4.70. The van der Waals surface area contributed by atoms with Gasteiger partial charge in [0, 0.05) is 11.1 Å². The molecule has 8 nitrogen and oxygen atoms in total. The van der Waals surface area contributed by atoms with Crippen molar-refractivity contribution in [2.75, 3.05) is 13.2 Å². The molecule has 1 rings (SSSR count). The van der Waals surface area contributed by atoms with Crippen molar-refractivity contribution in [3.05, 3.63) is 34.8 Å². The fraction of sp³-hybridized carbons (Fsp3) is 0.500. The zero-order chi connectivity index (χ0) is 15.9. The zero-order valence-electron chi connectivity index (χ0n) is 12.1. The summed E-state index contributed by atoms with van der Waals surface area (Å²) >= 11 is 0. The summed E-state index contributed by atoms with van der Waals surface area (Å²) in [5, 5.41) is 1.41. The second kappa shape index (κ2) is 7.22. The van der Waals surface area contributed by atoms with E-state index in [-0.39, 0.29) is 18.6 Å². The van der Waals surface area contributed by atoms with E-state index in [0.717, 1.165) is 0 Å². The molecule has 0 radical (unpaired) electrons. The summed E-state index contributed by atoms with van der Waals surface area (Å²) < 4.78 is 23.5. The molecule has 0 fully saturated rings. The van der Waals surface area contributed by atoms with E-state index in [0.29, 0.717) is 0 Å². The van der Waals surface area contributed by atoms with Crippen LogP contribution in [0.4, 0.5) is 0 Å². The number of carbonyl (C=O) groups is 1. The SMILES string of the molecule is CCOC(=O)C(C)(N=[N+]=[N-])P(=O)(OCC)c1ccccn1. The first-order valence-electron chi connectivity index (χ1n) is 6.36. The van der Waals surface area contributed by atoms with Crippen molar-refractivity contribution in [1.82, 2.24) is 4.98 Å². The first-order chi connectivity index (χ1) is 9.96. The molecule has 2 atom stereocenters.